The van der Waals surface area contributed by atoms with Crippen LogP contribution in [0, 0.1) is 0 Å². The average Bonchev–Trinajstić information content (AvgIpc) is 2.63. The summed E-state index contributed by atoms with van der Waals surface area (Å²) in [6.07, 6.45) is 8.36. The second-order valence-corrected chi connectivity index (χ2v) is 5.34. The van der Waals surface area contributed by atoms with E-state index in [-0.39, 0.29) is 6.04 Å². The van der Waals surface area contributed by atoms with E-state index in [1.54, 1.807) is 0 Å². The molecule has 0 amide bonds. The summed E-state index contributed by atoms with van der Waals surface area (Å²) in [4.78, 5) is 7.04. The van der Waals surface area contributed by atoms with E-state index in [9.17, 15) is 0 Å². The van der Waals surface area contributed by atoms with Gasteiger partial charge in [0.05, 0.1) is 0 Å². The minimum Gasteiger partial charge on any atom is -0.354 e. The van der Waals surface area contributed by atoms with Gasteiger partial charge in [-0.15, -0.1) is 0 Å². The van der Waals surface area contributed by atoms with Gasteiger partial charge >= 0.3 is 0 Å². The van der Waals surface area contributed by atoms with Gasteiger partial charge in [-0.2, -0.15) is 0 Å². The molecule has 2 N–H and O–H groups in total. The number of aromatic nitrogens is 1. The van der Waals surface area contributed by atoms with Crippen molar-refractivity contribution >= 4 is 5.82 Å². The van der Waals surface area contributed by atoms with Crippen molar-refractivity contribution < 1.29 is 0 Å². The van der Waals surface area contributed by atoms with Gasteiger partial charge in [0.25, 0.3) is 0 Å². The lowest BCUT2D eigenvalue weighted by atomic mass is 10.1. The normalized spacial score (nSPS) is 22.6. The second-order valence-electron chi connectivity index (χ2n) is 5.34. The molecule has 1 aromatic rings. The minimum atomic E-state index is 0.0822. The highest BCUT2D eigenvalue weighted by molar-refractivity contribution is 5.43. The molecule has 3 nitrogen and oxygen atoms in total. The van der Waals surface area contributed by atoms with E-state index in [0.29, 0.717) is 6.04 Å². The lowest BCUT2D eigenvalue weighted by Crippen LogP contribution is -2.35. The zero-order valence-corrected chi connectivity index (χ0v) is 11.6. The lowest BCUT2D eigenvalue weighted by molar-refractivity contribution is 0.552. The van der Waals surface area contributed by atoms with E-state index in [4.69, 9.17) is 5.73 Å². The topological polar surface area (TPSA) is 42.1 Å². The Morgan fingerprint density at radius 2 is 2.28 bits per heavy atom. The number of hydrogen-bond acceptors (Lipinski definition) is 3. The van der Waals surface area contributed by atoms with Crippen LogP contribution in [0.1, 0.15) is 57.6 Å². The second kappa shape index (κ2) is 6.19. The highest BCUT2D eigenvalue weighted by Crippen LogP contribution is 2.25. The molecule has 0 aromatic carbocycles. The maximum absolute atomic E-state index is 5.96. The van der Waals surface area contributed by atoms with Crippen molar-refractivity contribution in [2.24, 2.45) is 5.73 Å². The summed E-state index contributed by atoms with van der Waals surface area (Å²) in [7, 11) is 0. The first kappa shape index (κ1) is 13.3. The molecule has 1 saturated heterocycles. The first-order valence-corrected chi connectivity index (χ1v) is 7.20. The molecule has 1 aliphatic heterocycles. The summed E-state index contributed by atoms with van der Waals surface area (Å²) < 4.78 is 0. The molecule has 1 fully saturated rings. The van der Waals surface area contributed by atoms with Gasteiger partial charge in [-0.1, -0.05) is 19.8 Å². The third kappa shape index (κ3) is 3.02. The molecule has 0 bridgehead atoms. The molecule has 2 atom stereocenters. The van der Waals surface area contributed by atoms with E-state index < -0.39 is 0 Å². The van der Waals surface area contributed by atoms with Crippen molar-refractivity contribution in [1.82, 2.24) is 4.98 Å². The molecule has 2 heterocycles. The number of hydrogen-bond donors (Lipinski definition) is 1. The van der Waals surface area contributed by atoms with Crippen LogP contribution in [0.25, 0.3) is 0 Å². The quantitative estimate of drug-likeness (QED) is 0.891. The van der Waals surface area contributed by atoms with Crippen LogP contribution in [-0.4, -0.2) is 17.6 Å². The van der Waals surface area contributed by atoms with Crippen LogP contribution in [0.3, 0.4) is 0 Å². The Kier molecular flexibility index (Phi) is 4.59. The summed E-state index contributed by atoms with van der Waals surface area (Å²) in [5, 5.41) is 0. The van der Waals surface area contributed by atoms with Crippen LogP contribution < -0.4 is 10.6 Å². The van der Waals surface area contributed by atoms with Crippen molar-refractivity contribution in [3.05, 3.63) is 23.9 Å². The molecule has 0 spiro atoms. The number of pyridine rings is 1. The molecule has 2 rings (SSSR count). The summed E-state index contributed by atoms with van der Waals surface area (Å²) in [5.41, 5.74) is 7.14. The van der Waals surface area contributed by atoms with Gasteiger partial charge in [-0.25, -0.2) is 4.98 Å². The van der Waals surface area contributed by atoms with E-state index in [0.717, 1.165) is 12.4 Å². The summed E-state index contributed by atoms with van der Waals surface area (Å²) in [6, 6.07) is 4.91. The minimum absolute atomic E-state index is 0.0822. The average molecular weight is 247 g/mol. The number of rotatable bonds is 3. The SMILES string of the molecule is CCC1CCCCCN1c1cc(C(C)N)ccn1. The maximum atomic E-state index is 5.96. The molecule has 0 aliphatic carbocycles. The smallest absolute Gasteiger partial charge is 0.129 e. The Hall–Kier alpha value is -1.09. The summed E-state index contributed by atoms with van der Waals surface area (Å²) in [6.45, 7) is 5.44. The maximum Gasteiger partial charge on any atom is 0.129 e. The Morgan fingerprint density at radius 1 is 1.44 bits per heavy atom. The van der Waals surface area contributed by atoms with Crippen LogP contribution in [0.15, 0.2) is 18.3 Å². The van der Waals surface area contributed by atoms with Gasteiger partial charge < -0.3 is 10.6 Å². The van der Waals surface area contributed by atoms with Crippen molar-refractivity contribution in [2.75, 3.05) is 11.4 Å². The van der Waals surface area contributed by atoms with E-state index in [1.807, 2.05) is 19.2 Å². The van der Waals surface area contributed by atoms with Gasteiger partial charge in [0.15, 0.2) is 0 Å². The van der Waals surface area contributed by atoms with Gasteiger partial charge in [-0.05, 0) is 43.9 Å². The van der Waals surface area contributed by atoms with Crippen LogP contribution in [0.5, 0.6) is 0 Å². The molecule has 3 heteroatoms. The van der Waals surface area contributed by atoms with Gasteiger partial charge in [0.2, 0.25) is 0 Å². The van der Waals surface area contributed by atoms with Crippen molar-refractivity contribution in [3.8, 4) is 0 Å². The molecular weight excluding hydrogens is 222 g/mol. The molecule has 100 valence electrons. The Bertz CT molecular complexity index is 376. The standard InChI is InChI=1S/C15H25N3/c1-3-14-7-5-4-6-10-18(14)15-11-13(12(2)16)8-9-17-15/h8-9,11-12,14H,3-7,10,16H2,1-2H3. The zero-order chi connectivity index (χ0) is 13.0. The summed E-state index contributed by atoms with van der Waals surface area (Å²) >= 11 is 0. The monoisotopic (exact) mass is 247 g/mol. The van der Waals surface area contributed by atoms with Crippen LogP contribution >= 0.6 is 0 Å². The Morgan fingerprint density at radius 3 is 3.00 bits per heavy atom. The highest BCUT2D eigenvalue weighted by atomic mass is 15.2. The first-order chi connectivity index (χ1) is 8.72. The molecular formula is C15H25N3. The van der Waals surface area contributed by atoms with E-state index in [1.165, 1.54) is 37.7 Å². The number of anilines is 1. The third-order valence-corrected chi connectivity index (χ3v) is 3.94. The fourth-order valence-electron chi connectivity index (χ4n) is 2.78. The molecule has 18 heavy (non-hydrogen) atoms. The predicted octanol–water partition coefficient (Wildman–Crippen LogP) is 3.26. The fraction of sp³-hybridized carbons (Fsp3) is 0.667. The predicted molar refractivity (Wildman–Crippen MR) is 76.7 cm³/mol. The van der Waals surface area contributed by atoms with Crippen LogP contribution in [-0.2, 0) is 0 Å². The third-order valence-electron chi connectivity index (χ3n) is 3.94. The van der Waals surface area contributed by atoms with Crippen LogP contribution in [0.2, 0.25) is 0 Å². The van der Waals surface area contributed by atoms with Crippen molar-refractivity contribution in [1.29, 1.82) is 0 Å². The summed E-state index contributed by atoms with van der Waals surface area (Å²) in [5.74, 6) is 1.11. The van der Waals surface area contributed by atoms with Crippen molar-refractivity contribution in [3.63, 3.8) is 0 Å². The molecule has 1 aliphatic rings. The molecule has 2 unspecified atom stereocenters. The number of nitrogens with zero attached hydrogens (tertiary/aromatic N) is 2. The van der Waals surface area contributed by atoms with E-state index >= 15 is 0 Å². The van der Waals surface area contributed by atoms with Gasteiger partial charge in [-0.3, -0.25) is 0 Å². The highest BCUT2D eigenvalue weighted by Gasteiger charge is 2.20. The fourth-order valence-corrected chi connectivity index (χ4v) is 2.78. The van der Waals surface area contributed by atoms with Gasteiger partial charge in [0, 0.05) is 24.8 Å². The lowest BCUT2D eigenvalue weighted by Gasteiger charge is -2.30. The zero-order valence-electron chi connectivity index (χ0n) is 11.6. The van der Waals surface area contributed by atoms with Crippen molar-refractivity contribution in [2.45, 2.75) is 58.0 Å². The molecule has 0 radical (unpaired) electrons. The number of nitrogens with two attached hydrogens (primary N) is 1. The largest absolute Gasteiger partial charge is 0.354 e. The van der Waals surface area contributed by atoms with E-state index in [2.05, 4.69) is 22.9 Å². The Labute approximate surface area is 110 Å². The molecule has 1 aromatic heterocycles. The van der Waals surface area contributed by atoms with Gasteiger partial charge in [0.1, 0.15) is 5.82 Å². The van der Waals surface area contributed by atoms with Crippen LogP contribution in [0.4, 0.5) is 5.82 Å². The Balaban J connectivity index is 2.24. The molecule has 0 saturated carbocycles. The first-order valence-electron chi connectivity index (χ1n) is 7.20.